The summed E-state index contributed by atoms with van der Waals surface area (Å²) in [7, 11) is 0. The Morgan fingerprint density at radius 3 is 2.86 bits per heavy atom. The molecule has 1 aromatic rings. The van der Waals surface area contributed by atoms with E-state index in [0.29, 0.717) is 19.1 Å². The Morgan fingerprint density at radius 2 is 2.05 bits per heavy atom. The zero-order chi connectivity index (χ0) is 14.9. The molecule has 0 spiro atoms. The first-order valence-corrected chi connectivity index (χ1v) is 8.23. The monoisotopic (exact) mass is 302 g/mol. The molecule has 5 heteroatoms. The average Bonchev–Trinajstić information content (AvgIpc) is 3.25. The fraction of sp³-hybridized carbons (Fsp3) is 0.588. The first-order valence-electron chi connectivity index (χ1n) is 8.23. The SMILES string of the molecule is O=C(C1CCNC1)N1CCCC1c1ccc2c(c1)OCCO2. The van der Waals surface area contributed by atoms with Crippen LogP contribution in [0.15, 0.2) is 18.2 Å². The molecule has 2 saturated heterocycles. The minimum Gasteiger partial charge on any atom is -0.486 e. The topological polar surface area (TPSA) is 50.8 Å². The van der Waals surface area contributed by atoms with Crippen LogP contribution in [-0.4, -0.2) is 43.7 Å². The smallest absolute Gasteiger partial charge is 0.227 e. The Morgan fingerprint density at radius 1 is 1.18 bits per heavy atom. The largest absolute Gasteiger partial charge is 0.486 e. The summed E-state index contributed by atoms with van der Waals surface area (Å²) >= 11 is 0. The number of rotatable bonds is 2. The summed E-state index contributed by atoms with van der Waals surface area (Å²) in [5, 5.41) is 3.29. The van der Waals surface area contributed by atoms with Gasteiger partial charge in [0.05, 0.1) is 12.0 Å². The van der Waals surface area contributed by atoms with Gasteiger partial charge in [-0.3, -0.25) is 4.79 Å². The summed E-state index contributed by atoms with van der Waals surface area (Å²) in [6, 6.07) is 6.29. The van der Waals surface area contributed by atoms with E-state index >= 15 is 0 Å². The van der Waals surface area contributed by atoms with E-state index in [9.17, 15) is 4.79 Å². The van der Waals surface area contributed by atoms with Gasteiger partial charge in [-0.1, -0.05) is 6.07 Å². The number of benzene rings is 1. The van der Waals surface area contributed by atoms with Crippen LogP contribution in [0, 0.1) is 5.92 Å². The predicted molar refractivity (Wildman–Crippen MR) is 82.1 cm³/mol. The van der Waals surface area contributed by atoms with E-state index in [1.807, 2.05) is 6.07 Å². The van der Waals surface area contributed by atoms with Gasteiger partial charge < -0.3 is 19.7 Å². The van der Waals surface area contributed by atoms with Gasteiger partial charge in [-0.15, -0.1) is 0 Å². The highest BCUT2D eigenvalue weighted by atomic mass is 16.6. The van der Waals surface area contributed by atoms with Crippen molar-refractivity contribution in [2.45, 2.75) is 25.3 Å². The lowest BCUT2D eigenvalue weighted by molar-refractivity contribution is -0.135. The Bertz CT molecular complexity index is 569. The molecule has 0 bridgehead atoms. The second-order valence-corrected chi connectivity index (χ2v) is 6.28. The molecule has 0 radical (unpaired) electrons. The number of amides is 1. The minimum absolute atomic E-state index is 0.151. The van der Waals surface area contributed by atoms with Gasteiger partial charge in [-0.2, -0.15) is 0 Å². The van der Waals surface area contributed by atoms with Crippen LogP contribution < -0.4 is 14.8 Å². The Kier molecular flexibility index (Phi) is 3.66. The summed E-state index contributed by atoms with van der Waals surface area (Å²) < 4.78 is 11.3. The van der Waals surface area contributed by atoms with E-state index in [1.165, 1.54) is 5.56 Å². The zero-order valence-corrected chi connectivity index (χ0v) is 12.7. The molecule has 3 aliphatic heterocycles. The molecular weight excluding hydrogens is 280 g/mol. The summed E-state index contributed by atoms with van der Waals surface area (Å²) in [5.74, 6) is 2.08. The summed E-state index contributed by atoms with van der Waals surface area (Å²) in [6.45, 7) is 3.85. The third-order valence-corrected chi connectivity index (χ3v) is 4.90. The van der Waals surface area contributed by atoms with Gasteiger partial charge in [0.15, 0.2) is 11.5 Å². The fourth-order valence-electron chi connectivity index (χ4n) is 3.74. The lowest BCUT2D eigenvalue weighted by Gasteiger charge is -2.28. The van der Waals surface area contributed by atoms with Crippen molar-refractivity contribution >= 4 is 5.91 Å². The van der Waals surface area contributed by atoms with Crippen molar-refractivity contribution in [3.8, 4) is 11.5 Å². The van der Waals surface area contributed by atoms with Crippen LogP contribution in [0.25, 0.3) is 0 Å². The molecule has 2 atom stereocenters. The van der Waals surface area contributed by atoms with Crippen molar-refractivity contribution in [3.63, 3.8) is 0 Å². The molecule has 2 fully saturated rings. The van der Waals surface area contributed by atoms with Crippen LogP contribution in [0.4, 0.5) is 0 Å². The number of likely N-dealkylation sites (tertiary alicyclic amines) is 1. The van der Waals surface area contributed by atoms with Gasteiger partial charge in [0, 0.05) is 13.1 Å². The number of nitrogens with zero attached hydrogens (tertiary/aromatic N) is 1. The van der Waals surface area contributed by atoms with Crippen molar-refractivity contribution in [1.29, 1.82) is 0 Å². The van der Waals surface area contributed by atoms with Crippen molar-refractivity contribution in [2.75, 3.05) is 32.8 Å². The van der Waals surface area contributed by atoms with Crippen molar-refractivity contribution in [3.05, 3.63) is 23.8 Å². The number of fused-ring (bicyclic) bond motifs is 1. The normalized spacial score (nSPS) is 27.2. The molecule has 0 saturated carbocycles. The van der Waals surface area contributed by atoms with E-state index in [1.54, 1.807) is 0 Å². The average molecular weight is 302 g/mol. The first-order chi connectivity index (χ1) is 10.8. The van der Waals surface area contributed by atoms with Gasteiger partial charge in [0.25, 0.3) is 0 Å². The van der Waals surface area contributed by atoms with Gasteiger partial charge in [0.1, 0.15) is 13.2 Å². The number of hydrogen-bond acceptors (Lipinski definition) is 4. The maximum Gasteiger partial charge on any atom is 0.227 e. The molecular formula is C17H22N2O3. The Balaban J connectivity index is 1.56. The standard InChI is InChI=1S/C17H22N2O3/c20-17(13-5-6-18-11-13)19-7-1-2-14(19)12-3-4-15-16(10-12)22-9-8-21-15/h3-4,10,13-14,18H,1-2,5-9,11H2. The first kappa shape index (κ1) is 13.9. The van der Waals surface area contributed by atoms with Gasteiger partial charge in [0.2, 0.25) is 5.91 Å². The van der Waals surface area contributed by atoms with E-state index in [0.717, 1.165) is 50.4 Å². The highest BCUT2D eigenvalue weighted by Crippen LogP contribution is 2.38. The number of hydrogen-bond donors (Lipinski definition) is 1. The molecule has 118 valence electrons. The maximum atomic E-state index is 12.8. The van der Waals surface area contributed by atoms with Crippen molar-refractivity contribution in [2.24, 2.45) is 5.92 Å². The zero-order valence-electron chi connectivity index (χ0n) is 12.7. The number of carbonyl (C=O) groups excluding carboxylic acids is 1. The lowest BCUT2D eigenvalue weighted by Crippen LogP contribution is -2.36. The molecule has 22 heavy (non-hydrogen) atoms. The molecule has 1 aromatic carbocycles. The molecule has 0 aromatic heterocycles. The molecule has 2 unspecified atom stereocenters. The fourth-order valence-corrected chi connectivity index (χ4v) is 3.74. The quantitative estimate of drug-likeness (QED) is 0.904. The van der Waals surface area contributed by atoms with Crippen molar-refractivity contribution < 1.29 is 14.3 Å². The molecule has 3 heterocycles. The molecule has 1 N–H and O–H groups in total. The maximum absolute atomic E-state index is 12.8. The Labute approximate surface area is 130 Å². The third-order valence-electron chi connectivity index (χ3n) is 4.90. The number of nitrogens with one attached hydrogen (secondary N) is 1. The van der Waals surface area contributed by atoms with E-state index in [4.69, 9.17) is 9.47 Å². The van der Waals surface area contributed by atoms with E-state index < -0.39 is 0 Å². The number of carbonyl (C=O) groups is 1. The summed E-state index contributed by atoms with van der Waals surface area (Å²) in [4.78, 5) is 14.8. The van der Waals surface area contributed by atoms with Crippen LogP contribution in [0.5, 0.6) is 11.5 Å². The second-order valence-electron chi connectivity index (χ2n) is 6.28. The molecule has 3 aliphatic rings. The molecule has 4 rings (SSSR count). The van der Waals surface area contributed by atoms with Gasteiger partial charge in [-0.25, -0.2) is 0 Å². The lowest BCUT2D eigenvalue weighted by atomic mass is 10.0. The second kappa shape index (κ2) is 5.80. The van der Waals surface area contributed by atoms with Gasteiger partial charge >= 0.3 is 0 Å². The third kappa shape index (κ3) is 2.43. The summed E-state index contributed by atoms with van der Waals surface area (Å²) in [6.07, 6.45) is 3.07. The molecule has 5 nitrogen and oxygen atoms in total. The van der Waals surface area contributed by atoms with Crippen LogP contribution in [0.2, 0.25) is 0 Å². The van der Waals surface area contributed by atoms with Crippen LogP contribution in [0.3, 0.4) is 0 Å². The highest BCUT2D eigenvalue weighted by molar-refractivity contribution is 5.80. The highest BCUT2D eigenvalue weighted by Gasteiger charge is 2.35. The minimum atomic E-state index is 0.151. The summed E-state index contributed by atoms with van der Waals surface area (Å²) in [5.41, 5.74) is 1.17. The van der Waals surface area contributed by atoms with E-state index in [2.05, 4.69) is 22.3 Å². The van der Waals surface area contributed by atoms with Gasteiger partial charge in [-0.05, 0) is 43.5 Å². The van der Waals surface area contributed by atoms with Crippen molar-refractivity contribution in [1.82, 2.24) is 10.2 Å². The van der Waals surface area contributed by atoms with E-state index in [-0.39, 0.29) is 12.0 Å². The van der Waals surface area contributed by atoms with Crippen LogP contribution >= 0.6 is 0 Å². The predicted octanol–water partition coefficient (Wildman–Crippen LogP) is 1.73. The number of ether oxygens (including phenoxy) is 2. The van der Waals surface area contributed by atoms with Crippen LogP contribution in [0.1, 0.15) is 30.9 Å². The molecule has 1 amide bonds. The van der Waals surface area contributed by atoms with Crippen LogP contribution in [-0.2, 0) is 4.79 Å². The Hall–Kier alpha value is -1.75. The molecule has 0 aliphatic carbocycles.